The third-order valence-electron chi connectivity index (χ3n) is 2.07. The van der Waals surface area contributed by atoms with Gasteiger partial charge in [0.1, 0.15) is 5.82 Å². The second kappa shape index (κ2) is 5.73. The van der Waals surface area contributed by atoms with Crippen molar-refractivity contribution in [3.8, 4) is 0 Å². The first-order chi connectivity index (χ1) is 6.74. The van der Waals surface area contributed by atoms with E-state index in [9.17, 15) is 9.50 Å². The normalized spacial score (nSPS) is 12.8. The van der Waals surface area contributed by atoms with Crippen molar-refractivity contribution < 1.29 is 14.2 Å². The van der Waals surface area contributed by atoms with Crippen molar-refractivity contribution in [1.82, 2.24) is 0 Å². The standard InChI is InChI=1S/C11H15FO2/c1-14-7-6-10(13)8-9-4-2-3-5-11(9)12/h2-5,10,13H,6-8H2,1H3. The van der Waals surface area contributed by atoms with Crippen molar-refractivity contribution in [3.05, 3.63) is 35.6 Å². The maximum absolute atomic E-state index is 13.1. The minimum Gasteiger partial charge on any atom is -0.393 e. The van der Waals surface area contributed by atoms with Gasteiger partial charge in [-0.05, 0) is 18.1 Å². The molecule has 0 heterocycles. The van der Waals surface area contributed by atoms with Crippen LogP contribution in [0.2, 0.25) is 0 Å². The molecule has 0 spiro atoms. The lowest BCUT2D eigenvalue weighted by Gasteiger charge is -2.10. The first-order valence-electron chi connectivity index (χ1n) is 4.64. The molecule has 1 atom stereocenters. The van der Waals surface area contributed by atoms with Crippen LogP contribution in [-0.2, 0) is 11.2 Å². The molecule has 0 saturated carbocycles. The van der Waals surface area contributed by atoms with Gasteiger partial charge < -0.3 is 9.84 Å². The van der Waals surface area contributed by atoms with Gasteiger partial charge in [0.2, 0.25) is 0 Å². The SMILES string of the molecule is COCCC(O)Cc1ccccc1F. The molecule has 0 fully saturated rings. The largest absolute Gasteiger partial charge is 0.393 e. The van der Waals surface area contributed by atoms with Gasteiger partial charge in [-0.15, -0.1) is 0 Å². The van der Waals surface area contributed by atoms with Crippen molar-refractivity contribution in [2.24, 2.45) is 0 Å². The number of methoxy groups -OCH3 is 1. The molecule has 2 nitrogen and oxygen atoms in total. The number of halogens is 1. The summed E-state index contributed by atoms with van der Waals surface area (Å²) in [5.74, 6) is -0.260. The first-order valence-corrected chi connectivity index (χ1v) is 4.64. The Morgan fingerprint density at radius 2 is 2.14 bits per heavy atom. The van der Waals surface area contributed by atoms with Crippen molar-refractivity contribution in [1.29, 1.82) is 0 Å². The highest BCUT2D eigenvalue weighted by Crippen LogP contribution is 2.10. The van der Waals surface area contributed by atoms with Crippen LogP contribution >= 0.6 is 0 Å². The van der Waals surface area contributed by atoms with E-state index in [2.05, 4.69) is 0 Å². The van der Waals surface area contributed by atoms with Crippen molar-refractivity contribution in [3.63, 3.8) is 0 Å². The van der Waals surface area contributed by atoms with E-state index < -0.39 is 6.10 Å². The Kier molecular flexibility index (Phi) is 4.56. The molecule has 0 aromatic heterocycles. The highest BCUT2D eigenvalue weighted by atomic mass is 19.1. The zero-order valence-electron chi connectivity index (χ0n) is 8.24. The summed E-state index contributed by atoms with van der Waals surface area (Å²) in [6, 6.07) is 6.49. The second-order valence-corrected chi connectivity index (χ2v) is 3.23. The van der Waals surface area contributed by atoms with Gasteiger partial charge >= 0.3 is 0 Å². The number of ether oxygens (including phenoxy) is 1. The molecule has 0 bridgehead atoms. The Labute approximate surface area is 83.3 Å². The van der Waals surface area contributed by atoms with Crippen LogP contribution in [0.4, 0.5) is 4.39 Å². The number of hydrogen-bond acceptors (Lipinski definition) is 2. The molecule has 1 unspecified atom stereocenters. The summed E-state index contributed by atoms with van der Waals surface area (Å²) >= 11 is 0. The maximum Gasteiger partial charge on any atom is 0.126 e. The third kappa shape index (κ3) is 3.44. The smallest absolute Gasteiger partial charge is 0.126 e. The van der Waals surface area contributed by atoms with Crippen LogP contribution in [0.15, 0.2) is 24.3 Å². The fourth-order valence-corrected chi connectivity index (χ4v) is 1.27. The molecule has 1 N–H and O–H groups in total. The highest BCUT2D eigenvalue weighted by molar-refractivity contribution is 5.17. The van der Waals surface area contributed by atoms with E-state index in [4.69, 9.17) is 4.74 Å². The van der Waals surface area contributed by atoms with Gasteiger partial charge in [0, 0.05) is 20.1 Å². The van der Waals surface area contributed by atoms with E-state index in [1.54, 1.807) is 25.3 Å². The molecule has 0 aliphatic carbocycles. The van der Waals surface area contributed by atoms with Gasteiger partial charge in [0.15, 0.2) is 0 Å². The molecule has 1 rings (SSSR count). The van der Waals surface area contributed by atoms with E-state index >= 15 is 0 Å². The molecule has 1 aromatic carbocycles. The quantitative estimate of drug-likeness (QED) is 0.781. The molecule has 0 aliphatic heterocycles. The predicted molar refractivity (Wildman–Crippen MR) is 52.6 cm³/mol. The predicted octanol–water partition coefficient (Wildman–Crippen LogP) is 1.77. The molecule has 1 aromatic rings. The van der Waals surface area contributed by atoms with E-state index in [0.29, 0.717) is 25.0 Å². The average Bonchev–Trinajstić information content (AvgIpc) is 2.18. The molecule has 3 heteroatoms. The zero-order valence-corrected chi connectivity index (χ0v) is 8.24. The Morgan fingerprint density at radius 3 is 2.79 bits per heavy atom. The highest BCUT2D eigenvalue weighted by Gasteiger charge is 2.08. The third-order valence-corrected chi connectivity index (χ3v) is 2.07. The molecule has 0 saturated heterocycles. The van der Waals surface area contributed by atoms with E-state index in [1.165, 1.54) is 6.07 Å². The monoisotopic (exact) mass is 198 g/mol. The molecule has 0 radical (unpaired) electrons. The average molecular weight is 198 g/mol. The molecule has 0 amide bonds. The summed E-state index contributed by atoms with van der Waals surface area (Å²) < 4.78 is 18.0. The lowest BCUT2D eigenvalue weighted by atomic mass is 10.1. The summed E-state index contributed by atoms with van der Waals surface area (Å²) in [7, 11) is 1.58. The van der Waals surface area contributed by atoms with E-state index in [-0.39, 0.29) is 5.82 Å². The van der Waals surface area contributed by atoms with Crippen LogP contribution in [0.1, 0.15) is 12.0 Å². The molecule has 14 heavy (non-hydrogen) atoms. The molecular weight excluding hydrogens is 183 g/mol. The molecule has 0 aliphatic rings. The van der Waals surface area contributed by atoms with Gasteiger partial charge in [-0.3, -0.25) is 0 Å². The minimum absolute atomic E-state index is 0.260. The number of aliphatic hydroxyl groups excluding tert-OH is 1. The van der Waals surface area contributed by atoms with Gasteiger partial charge in [-0.1, -0.05) is 18.2 Å². The van der Waals surface area contributed by atoms with E-state index in [1.807, 2.05) is 0 Å². The Balaban J connectivity index is 2.47. The van der Waals surface area contributed by atoms with E-state index in [0.717, 1.165) is 0 Å². The van der Waals surface area contributed by atoms with Crippen LogP contribution < -0.4 is 0 Å². The summed E-state index contributed by atoms with van der Waals surface area (Å²) in [5.41, 5.74) is 0.552. The number of benzene rings is 1. The van der Waals surface area contributed by atoms with Crippen molar-refractivity contribution >= 4 is 0 Å². The summed E-state index contributed by atoms with van der Waals surface area (Å²) in [4.78, 5) is 0. The fourth-order valence-electron chi connectivity index (χ4n) is 1.27. The number of rotatable bonds is 5. The summed E-state index contributed by atoms with van der Waals surface area (Å²) in [5, 5.41) is 9.51. The van der Waals surface area contributed by atoms with Crippen LogP contribution in [0.3, 0.4) is 0 Å². The first kappa shape index (κ1) is 11.1. The van der Waals surface area contributed by atoms with Gasteiger partial charge in [-0.25, -0.2) is 4.39 Å². The van der Waals surface area contributed by atoms with Gasteiger partial charge in [0.05, 0.1) is 6.10 Å². The van der Waals surface area contributed by atoms with Crippen LogP contribution in [0.5, 0.6) is 0 Å². The number of aliphatic hydroxyl groups is 1. The minimum atomic E-state index is -0.535. The zero-order chi connectivity index (χ0) is 10.4. The van der Waals surface area contributed by atoms with Crippen molar-refractivity contribution in [2.45, 2.75) is 18.9 Å². The summed E-state index contributed by atoms with van der Waals surface area (Å²) in [6.07, 6.45) is 0.341. The Bertz CT molecular complexity index is 276. The van der Waals surface area contributed by atoms with Gasteiger partial charge in [0.25, 0.3) is 0 Å². The Hall–Kier alpha value is -0.930. The van der Waals surface area contributed by atoms with Crippen LogP contribution in [0, 0.1) is 5.82 Å². The number of hydrogen-bond donors (Lipinski definition) is 1. The lowest BCUT2D eigenvalue weighted by Crippen LogP contribution is -2.13. The summed E-state index contributed by atoms with van der Waals surface area (Å²) in [6.45, 7) is 0.496. The molecule has 78 valence electrons. The fraction of sp³-hybridized carbons (Fsp3) is 0.455. The van der Waals surface area contributed by atoms with Crippen LogP contribution in [0.25, 0.3) is 0 Å². The second-order valence-electron chi connectivity index (χ2n) is 3.23. The van der Waals surface area contributed by atoms with Crippen LogP contribution in [-0.4, -0.2) is 24.9 Å². The van der Waals surface area contributed by atoms with Crippen molar-refractivity contribution in [2.75, 3.05) is 13.7 Å². The molecular formula is C11H15FO2. The Morgan fingerprint density at radius 1 is 1.43 bits per heavy atom. The van der Waals surface area contributed by atoms with Gasteiger partial charge in [-0.2, -0.15) is 0 Å². The topological polar surface area (TPSA) is 29.5 Å². The lowest BCUT2D eigenvalue weighted by molar-refractivity contribution is 0.109. The maximum atomic E-state index is 13.1.